The van der Waals surface area contributed by atoms with Crippen LogP contribution in [-0.4, -0.2) is 29.3 Å². The molecule has 0 saturated heterocycles. The number of hydrogen-bond donors (Lipinski definition) is 3. The van der Waals surface area contributed by atoms with E-state index in [4.69, 9.17) is 5.73 Å². The number of nitrogens with zero attached hydrogens (tertiary/aromatic N) is 1. The number of rotatable bonds is 5. The van der Waals surface area contributed by atoms with Crippen LogP contribution in [0.4, 0.5) is 0 Å². The Bertz CT molecular complexity index is 188. The molecule has 0 radical (unpaired) electrons. The van der Waals surface area contributed by atoms with E-state index in [9.17, 15) is 5.11 Å². The van der Waals surface area contributed by atoms with Crippen LogP contribution < -0.4 is 11.1 Å². The molecule has 1 unspecified atom stereocenters. The topological polar surface area (TPSA) is 70.6 Å². The van der Waals surface area contributed by atoms with E-state index in [1.807, 2.05) is 20.8 Å². The van der Waals surface area contributed by atoms with Gasteiger partial charge in [-0.15, -0.1) is 0 Å². The molecule has 0 aromatic rings. The van der Waals surface area contributed by atoms with Gasteiger partial charge in [-0.3, -0.25) is 4.99 Å². The Morgan fingerprint density at radius 1 is 1.57 bits per heavy atom. The second-order valence-corrected chi connectivity index (χ2v) is 4.25. The van der Waals surface area contributed by atoms with Gasteiger partial charge in [0.25, 0.3) is 0 Å². The molecule has 0 fully saturated rings. The van der Waals surface area contributed by atoms with Crippen LogP contribution in [0, 0.1) is 0 Å². The van der Waals surface area contributed by atoms with Crippen LogP contribution in [0.2, 0.25) is 0 Å². The highest BCUT2D eigenvalue weighted by Crippen LogP contribution is 2.11. The van der Waals surface area contributed by atoms with Gasteiger partial charge >= 0.3 is 0 Å². The van der Waals surface area contributed by atoms with Gasteiger partial charge in [0.2, 0.25) is 0 Å². The van der Waals surface area contributed by atoms with E-state index >= 15 is 0 Å². The van der Waals surface area contributed by atoms with Crippen LogP contribution in [0.25, 0.3) is 0 Å². The highest BCUT2D eigenvalue weighted by Gasteiger charge is 2.18. The van der Waals surface area contributed by atoms with Crippen LogP contribution in [0.5, 0.6) is 0 Å². The van der Waals surface area contributed by atoms with Gasteiger partial charge in [-0.25, -0.2) is 0 Å². The van der Waals surface area contributed by atoms with E-state index in [0.717, 1.165) is 12.8 Å². The maximum Gasteiger partial charge on any atom is 0.188 e. The highest BCUT2D eigenvalue weighted by molar-refractivity contribution is 5.78. The molecule has 0 aliphatic carbocycles. The second kappa shape index (κ2) is 5.86. The third-order valence-corrected chi connectivity index (χ3v) is 1.82. The summed E-state index contributed by atoms with van der Waals surface area (Å²) in [5.41, 5.74) is 4.87. The highest BCUT2D eigenvalue weighted by atomic mass is 16.3. The Balaban J connectivity index is 4.00. The lowest BCUT2D eigenvalue weighted by molar-refractivity contribution is 0.0597. The molecular weight excluding hydrogens is 178 g/mol. The molecule has 0 heterocycles. The van der Waals surface area contributed by atoms with Gasteiger partial charge in [-0.1, -0.05) is 13.3 Å². The van der Waals surface area contributed by atoms with E-state index < -0.39 is 5.60 Å². The minimum absolute atomic E-state index is 0.273. The second-order valence-electron chi connectivity index (χ2n) is 4.25. The Labute approximate surface area is 86.6 Å². The first-order valence-corrected chi connectivity index (χ1v) is 5.16. The number of guanidine groups is 1. The Kier molecular flexibility index (Phi) is 5.53. The predicted octanol–water partition coefficient (Wildman–Crippen LogP) is 0.850. The van der Waals surface area contributed by atoms with Crippen molar-refractivity contribution >= 4 is 5.96 Å². The van der Waals surface area contributed by atoms with Crippen molar-refractivity contribution < 1.29 is 5.11 Å². The van der Waals surface area contributed by atoms with Crippen LogP contribution in [-0.2, 0) is 0 Å². The molecule has 0 spiro atoms. The average molecular weight is 201 g/mol. The summed E-state index contributed by atoms with van der Waals surface area (Å²) in [6.07, 6.45) is 1.69. The molecule has 84 valence electrons. The Morgan fingerprint density at radius 2 is 2.14 bits per heavy atom. The predicted molar refractivity (Wildman–Crippen MR) is 60.3 cm³/mol. The van der Waals surface area contributed by atoms with Gasteiger partial charge < -0.3 is 16.2 Å². The normalized spacial score (nSPS) is 16.9. The van der Waals surface area contributed by atoms with E-state index in [1.165, 1.54) is 0 Å². The zero-order valence-corrected chi connectivity index (χ0v) is 9.67. The fourth-order valence-corrected chi connectivity index (χ4v) is 1.21. The molecule has 0 aliphatic heterocycles. The first-order valence-electron chi connectivity index (χ1n) is 5.16. The zero-order valence-electron chi connectivity index (χ0n) is 9.67. The summed E-state index contributed by atoms with van der Waals surface area (Å²) < 4.78 is 0. The summed E-state index contributed by atoms with van der Waals surface area (Å²) in [6, 6.07) is 0.273. The third-order valence-electron chi connectivity index (χ3n) is 1.82. The first-order chi connectivity index (χ1) is 6.37. The van der Waals surface area contributed by atoms with E-state index in [-0.39, 0.29) is 6.04 Å². The van der Waals surface area contributed by atoms with Crippen LogP contribution >= 0.6 is 0 Å². The van der Waals surface area contributed by atoms with Crippen molar-refractivity contribution in [1.82, 2.24) is 5.32 Å². The molecule has 4 N–H and O–H groups in total. The molecule has 0 amide bonds. The molecule has 4 nitrogen and oxygen atoms in total. The van der Waals surface area contributed by atoms with Gasteiger partial charge in [0.05, 0.1) is 12.1 Å². The zero-order chi connectivity index (χ0) is 11.2. The van der Waals surface area contributed by atoms with Crippen molar-refractivity contribution in [2.45, 2.75) is 52.2 Å². The summed E-state index contributed by atoms with van der Waals surface area (Å²) in [4.78, 5) is 4.09. The van der Waals surface area contributed by atoms with E-state index in [0.29, 0.717) is 12.5 Å². The van der Waals surface area contributed by atoms with Crippen molar-refractivity contribution in [3.8, 4) is 0 Å². The summed E-state index contributed by atoms with van der Waals surface area (Å²) in [6.45, 7) is 8.15. The fourth-order valence-electron chi connectivity index (χ4n) is 1.21. The number of nitrogens with one attached hydrogen (secondary N) is 1. The molecule has 1 atom stereocenters. The van der Waals surface area contributed by atoms with Gasteiger partial charge in [0, 0.05) is 6.04 Å². The van der Waals surface area contributed by atoms with Crippen LogP contribution in [0.1, 0.15) is 40.5 Å². The average Bonchev–Trinajstić information content (AvgIpc) is 2.00. The minimum Gasteiger partial charge on any atom is -0.388 e. The third kappa shape index (κ3) is 6.71. The van der Waals surface area contributed by atoms with Gasteiger partial charge in [-0.05, 0) is 27.2 Å². The summed E-state index contributed by atoms with van der Waals surface area (Å²) in [5, 5.41) is 12.8. The lowest BCUT2D eigenvalue weighted by Gasteiger charge is -2.20. The van der Waals surface area contributed by atoms with Crippen molar-refractivity contribution in [1.29, 1.82) is 0 Å². The minimum atomic E-state index is -0.738. The molecular formula is C10H23N3O. The summed E-state index contributed by atoms with van der Waals surface area (Å²) >= 11 is 0. The quantitative estimate of drug-likeness (QED) is 0.456. The van der Waals surface area contributed by atoms with E-state index in [2.05, 4.69) is 10.3 Å². The molecule has 0 saturated carbocycles. The number of nitrogens with two attached hydrogens (primary N) is 1. The SMILES string of the molecule is CCCC(C)(O)CN=C(N)NC(C)C. The Morgan fingerprint density at radius 3 is 2.57 bits per heavy atom. The maximum absolute atomic E-state index is 9.81. The molecule has 0 rings (SSSR count). The van der Waals surface area contributed by atoms with Crippen molar-refractivity contribution in [2.75, 3.05) is 6.54 Å². The number of aliphatic hydroxyl groups is 1. The van der Waals surface area contributed by atoms with Crippen molar-refractivity contribution in [2.24, 2.45) is 10.7 Å². The monoisotopic (exact) mass is 201 g/mol. The molecule has 4 heteroatoms. The smallest absolute Gasteiger partial charge is 0.188 e. The van der Waals surface area contributed by atoms with Crippen molar-refractivity contribution in [3.05, 3.63) is 0 Å². The first kappa shape index (κ1) is 13.2. The standard InChI is InChI=1S/C10H23N3O/c1-5-6-10(4,14)7-12-9(11)13-8(2)3/h8,14H,5-7H2,1-4H3,(H3,11,12,13). The fraction of sp³-hybridized carbons (Fsp3) is 0.900. The summed E-state index contributed by atoms with van der Waals surface area (Å²) in [7, 11) is 0. The largest absolute Gasteiger partial charge is 0.388 e. The molecule has 0 aliphatic rings. The number of hydrogen-bond acceptors (Lipinski definition) is 2. The number of aliphatic imine (C=N–C) groups is 1. The van der Waals surface area contributed by atoms with Crippen molar-refractivity contribution in [3.63, 3.8) is 0 Å². The molecule has 14 heavy (non-hydrogen) atoms. The Hall–Kier alpha value is -0.770. The summed E-state index contributed by atoms with van der Waals surface area (Å²) in [5.74, 6) is 0.399. The van der Waals surface area contributed by atoms with E-state index in [1.54, 1.807) is 6.92 Å². The van der Waals surface area contributed by atoms with Gasteiger partial charge in [-0.2, -0.15) is 0 Å². The molecule has 0 aromatic heterocycles. The lowest BCUT2D eigenvalue weighted by atomic mass is 10.0. The maximum atomic E-state index is 9.81. The van der Waals surface area contributed by atoms with Crippen LogP contribution in [0.3, 0.4) is 0 Å². The molecule has 0 aromatic carbocycles. The van der Waals surface area contributed by atoms with Crippen LogP contribution in [0.15, 0.2) is 4.99 Å². The van der Waals surface area contributed by atoms with Gasteiger partial charge in [0.1, 0.15) is 0 Å². The molecule has 0 bridgehead atoms. The van der Waals surface area contributed by atoms with Gasteiger partial charge in [0.15, 0.2) is 5.96 Å². The lowest BCUT2D eigenvalue weighted by Crippen LogP contribution is -2.38.